The van der Waals surface area contributed by atoms with Crippen molar-refractivity contribution < 1.29 is 44.8 Å². The summed E-state index contributed by atoms with van der Waals surface area (Å²) in [5.41, 5.74) is -0.514. The van der Waals surface area contributed by atoms with E-state index in [9.17, 15) is 30.6 Å². The van der Waals surface area contributed by atoms with Crippen molar-refractivity contribution in [2.45, 2.75) is 82.8 Å². The zero-order valence-electron chi connectivity index (χ0n) is 15.6. The van der Waals surface area contributed by atoms with Gasteiger partial charge in [-0.05, 0) is 5.41 Å². The molecule has 0 aliphatic carbocycles. The fourth-order valence-electron chi connectivity index (χ4n) is 3.48. The number of aliphatic hydroxyl groups is 6. The Hall–Kier alpha value is -0.360. The molecule has 0 aromatic heterocycles. The molecule has 2 fully saturated rings. The van der Waals surface area contributed by atoms with Crippen LogP contribution in [-0.4, -0.2) is 99.0 Å². The van der Waals surface area contributed by atoms with Crippen molar-refractivity contribution in [2.75, 3.05) is 13.2 Å². The summed E-state index contributed by atoms with van der Waals surface area (Å²) in [5, 5.41) is 59.9. The summed E-state index contributed by atoms with van der Waals surface area (Å²) in [6.45, 7) is 6.24. The average molecular weight is 380 g/mol. The summed E-state index contributed by atoms with van der Waals surface area (Å²) in [4.78, 5) is 0. The van der Waals surface area contributed by atoms with E-state index in [1.165, 1.54) is 0 Å². The largest absolute Gasteiger partial charge is 0.394 e. The molecule has 2 heterocycles. The second-order valence-electron chi connectivity index (χ2n) is 8.29. The standard InChI is InChI=1S/C17H32O9/c1-7-10(20)8(5-18)25-16(11(7)21)26-14-13(23)12(22)9(6-19)24-15(14)17(2,3)4/h7-16,18-23H,5-6H2,1-4H3/t7-,8-,9+,10+,11+,12-,13+,14+,15?,16-/m1/s1. The van der Waals surface area contributed by atoms with Gasteiger partial charge in [-0.25, -0.2) is 0 Å². The second kappa shape index (κ2) is 8.34. The summed E-state index contributed by atoms with van der Waals surface area (Å²) in [6, 6.07) is 0. The third kappa shape index (κ3) is 4.21. The van der Waals surface area contributed by atoms with Gasteiger partial charge >= 0.3 is 0 Å². The fraction of sp³-hybridized carbons (Fsp3) is 1.00. The first-order valence-electron chi connectivity index (χ1n) is 8.93. The van der Waals surface area contributed by atoms with Gasteiger partial charge in [-0.3, -0.25) is 0 Å². The van der Waals surface area contributed by atoms with E-state index in [0.717, 1.165) is 0 Å². The van der Waals surface area contributed by atoms with Crippen molar-refractivity contribution in [1.29, 1.82) is 0 Å². The lowest BCUT2D eigenvalue weighted by molar-refractivity contribution is -0.341. The summed E-state index contributed by atoms with van der Waals surface area (Å²) in [7, 11) is 0. The lowest BCUT2D eigenvalue weighted by atomic mass is 9.80. The van der Waals surface area contributed by atoms with Crippen molar-refractivity contribution in [3.05, 3.63) is 0 Å². The molecule has 6 N–H and O–H groups in total. The average Bonchev–Trinajstić information content (AvgIpc) is 2.58. The van der Waals surface area contributed by atoms with Crippen LogP contribution in [0.4, 0.5) is 0 Å². The molecule has 0 amide bonds. The third-order valence-corrected chi connectivity index (χ3v) is 5.24. The van der Waals surface area contributed by atoms with E-state index in [4.69, 9.17) is 14.2 Å². The van der Waals surface area contributed by atoms with Crippen molar-refractivity contribution in [1.82, 2.24) is 0 Å². The highest BCUT2D eigenvalue weighted by Gasteiger charge is 2.52. The second-order valence-corrected chi connectivity index (χ2v) is 8.29. The van der Waals surface area contributed by atoms with Gasteiger partial charge in [-0.2, -0.15) is 0 Å². The quantitative estimate of drug-likeness (QED) is 0.325. The monoisotopic (exact) mass is 380 g/mol. The Morgan fingerprint density at radius 3 is 1.85 bits per heavy atom. The summed E-state index contributed by atoms with van der Waals surface area (Å²) in [5.74, 6) is -0.629. The Labute approximate surface area is 153 Å². The fourth-order valence-corrected chi connectivity index (χ4v) is 3.48. The Balaban J connectivity index is 2.23. The van der Waals surface area contributed by atoms with Crippen LogP contribution in [0.1, 0.15) is 27.7 Å². The zero-order valence-corrected chi connectivity index (χ0v) is 15.6. The van der Waals surface area contributed by atoms with Crippen LogP contribution in [0.5, 0.6) is 0 Å². The van der Waals surface area contributed by atoms with Crippen LogP contribution in [0.3, 0.4) is 0 Å². The molecule has 0 aromatic carbocycles. The number of rotatable bonds is 4. The van der Waals surface area contributed by atoms with Gasteiger partial charge < -0.3 is 44.8 Å². The van der Waals surface area contributed by atoms with Crippen LogP contribution in [0.15, 0.2) is 0 Å². The van der Waals surface area contributed by atoms with Crippen LogP contribution >= 0.6 is 0 Å². The predicted molar refractivity (Wildman–Crippen MR) is 89.0 cm³/mol. The summed E-state index contributed by atoms with van der Waals surface area (Å²) >= 11 is 0. The van der Waals surface area contributed by atoms with Crippen LogP contribution in [0.2, 0.25) is 0 Å². The van der Waals surface area contributed by atoms with Gasteiger partial charge in [0.15, 0.2) is 6.29 Å². The van der Waals surface area contributed by atoms with Gasteiger partial charge in [-0.1, -0.05) is 27.7 Å². The maximum atomic E-state index is 10.5. The van der Waals surface area contributed by atoms with E-state index in [1.54, 1.807) is 6.92 Å². The first-order valence-corrected chi connectivity index (χ1v) is 8.93. The first-order chi connectivity index (χ1) is 12.0. The number of ether oxygens (including phenoxy) is 3. The molecule has 154 valence electrons. The Kier molecular flexibility index (Phi) is 7.03. The van der Waals surface area contributed by atoms with E-state index < -0.39 is 79.7 Å². The van der Waals surface area contributed by atoms with Gasteiger partial charge in [0, 0.05) is 5.92 Å². The first kappa shape index (κ1) is 21.9. The highest BCUT2D eigenvalue weighted by atomic mass is 16.7. The molecular formula is C17H32O9. The molecule has 2 rings (SSSR count). The minimum Gasteiger partial charge on any atom is -0.394 e. The third-order valence-electron chi connectivity index (χ3n) is 5.24. The SMILES string of the molecule is C[C@H]1[C@H](O)[C@@H](O[C@@H]2C(C(C)(C)C)O[C@@H](CO)[C@@H](O)[C@@H]2O)O[C@H](CO)[C@H]1O. The van der Waals surface area contributed by atoms with Gasteiger partial charge in [0.2, 0.25) is 0 Å². The molecule has 2 saturated heterocycles. The zero-order chi connectivity index (χ0) is 19.8. The van der Waals surface area contributed by atoms with Crippen molar-refractivity contribution in [2.24, 2.45) is 11.3 Å². The van der Waals surface area contributed by atoms with Crippen molar-refractivity contribution in [3.63, 3.8) is 0 Å². The minimum absolute atomic E-state index is 0.459. The maximum absolute atomic E-state index is 10.5. The molecule has 0 radical (unpaired) electrons. The smallest absolute Gasteiger partial charge is 0.184 e. The van der Waals surface area contributed by atoms with Crippen molar-refractivity contribution >= 4 is 0 Å². The van der Waals surface area contributed by atoms with E-state index in [1.807, 2.05) is 20.8 Å². The highest BCUT2D eigenvalue weighted by Crippen LogP contribution is 2.37. The molecule has 0 bridgehead atoms. The molecule has 0 spiro atoms. The lowest BCUT2D eigenvalue weighted by Gasteiger charge is -2.49. The van der Waals surface area contributed by atoms with Gasteiger partial charge in [0.1, 0.15) is 36.6 Å². The molecule has 9 nitrogen and oxygen atoms in total. The maximum Gasteiger partial charge on any atom is 0.184 e. The number of aliphatic hydroxyl groups excluding tert-OH is 6. The van der Waals surface area contributed by atoms with Gasteiger partial charge in [0.05, 0.1) is 25.4 Å². The molecule has 10 atom stereocenters. The molecular weight excluding hydrogens is 348 g/mol. The van der Waals surface area contributed by atoms with E-state index in [0.29, 0.717) is 0 Å². The Bertz CT molecular complexity index is 452. The predicted octanol–water partition coefficient (Wildman–Crippen LogP) is -2.03. The molecule has 0 aromatic rings. The minimum atomic E-state index is -1.38. The molecule has 9 heteroatoms. The van der Waals surface area contributed by atoms with Crippen LogP contribution in [0.25, 0.3) is 0 Å². The van der Waals surface area contributed by atoms with E-state index in [-0.39, 0.29) is 0 Å². The molecule has 0 saturated carbocycles. The summed E-state index contributed by atoms with van der Waals surface area (Å²) < 4.78 is 17.0. The topological polar surface area (TPSA) is 149 Å². The van der Waals surface area contributed by atoms with E-state index >= 15 is 0 Å². The highest BCUT2D eigenvalue weighted by molar-refractivity contribution is 4.98. The Morgan fingerprint density at radius 2 is 1.35 bits per heavy atom. The van der Waals surface area contributed by atoms with Crippen LogP contribution in [0, 0.1) is 11.3 Å². The van der Waals surface area contributed by atoms with Crippen LogP contribution in [-0.2, 0) is 14.2 Å². The molecule has 1 unspecified atom stereocenters. The van der Waals surface area contributed by atoms with Crippen molar-refractivity contribution in [3.8, 4) is 0 Å². The number of hydrogen-bond acceptors (Lipinski definition) is 9. The summed E-state index contributed by atoms with van der Waals surface area (Å²) in [6.07, 6.45) is -9.90. The Morgan fingerprint density at radius 1 is 0.808 bits per heavy atom. The molecule has 2 aliphatic rings. The lowest BCUT2D eigenvalue weighted by Crippen LogP contribution is -2.65. The van der Waals surface area contributed by atoms with Crippen LogP contribution < -0.4 is 0 Å². The van der Waals surface area contributed by atoms with Gasteiger partial charge in [0.25, 0.3) is 0 Å². The van der Waals surface area contributed by atoms with E-state index in [2.05, 4.69) is 0 Å². The van der Waals surface area contributed by atoms with Gasteiger partial charge in [-0.15, -0.1) is 0 Å². The normalized spacial score (nSPS) is 47.8. The number of hydrogen-bond donors (Lipinski definition) is 6. The molecule has 2 aliphatic heterocycles. The molecule has 26 heavy (non-hydrogen) atoms.